The van der Waals surface area contributed by atoms with Gasteiger partial charge in [0.1, 0.15) is 6.61 Å². The van der Waals surface area contributed by atoms with Gasteiger partial charge in [0.05, 0.1) is 29.8 Å². The third-order valence-electron chi connectivity index (χ3n) is 4.18. The highest BCUT2D eigenvalue weighted by atomic mass is 32.2. The van der Waals surface area contributed by atoms with E-state index in [1.54, 1.807) is 22.0 Å². The highest BCUT2D eigenvalue weighted by Gasteiger charge is 2.35. The lowest BCUT2D eigenvalue weighted by Crippen LogP contribution is -2.47. The van der Waals surface area contributed by atoms with Crippen LogP contribution in [0.5, 0.6) is 0 Å². The first-order valence-electron chi connectivity index (χ1n) is 8.00. The van der Waals surface area contributed by atoms with Crippen LogP contribution >= 0.6 is 0 Å². The molecule has 1 aromatic rings. The Morgan fingerprint density at radius 1 is 1.48 bits per heavy atom. The fourth-order valence-electron chi connectivity index (χ4n) is 2.52. The maximum absolute atomic E-state index is 12.5. The zero-order chi connectivity index (χ0) is 17.0. The number of sulfone groups is 1. The van der Waals surface area contributed by atoms with E-state index in [0.29, 0.717) is 6.54 Å². The van der Waals surface area contributed by atoms with E-state index in [1.165, 1.54) is 0 Å². The number of carbonyl (C=O) groups is 1. The van der Waals surface area contributed by atoms with Crippen LogP contribution in [0, 0.1) is 0 Å². The second-order valence-corrected chi connectivity index (χ2v) is 8.11. The highest BCUT2D eigenvalue weighted by molar-refractivity contribution is 7.91. The monoisotopic (exact) mass is 343 g/mol. The minimum atomic E-state index is -3.15. The number of nitrogens with zero attached hydrogens (tertiary/aromatic N) is 3. The van der Waals surface area contributed by atoms with Crippen LogP contribution in [0.3, 0.4) is 0 Å². The molecule has 1 aliphatic heterocycles. The number of aryl methyl sites for hydroxylation is 1. The Morgan fingerprint density at radius 2 is 2.22 bits per heavy atom. The summed E-state index contributed by atoms with van der Waals surface area (Å²) in [5.41, 5.74) is 0.756. The molecule has 1 amide bonds. The Labute approximate surface area is 137 Å². The van der Waals surface area contributed by atoms with Crippen LogP contribution in [0.15, 0.2) is 12.4 Å². The number of ether oxygens (including phenoxy) is 1. The molecule has 0 bridgehead atoms. The van der Waals surface area contributed by atoms with E-state index in [1.807, 2.05) is 20.8 Å². The molecule has 8 heteroatoms. The summed E-state index contributed by atoms with van der Waals surface area (Å²) in [4.78, 5) is 14.1. The molecule has 0 aliphatic carbocycles. The molecule has 130 valence electrons. The van der Waals surface area contributed by atoms with Gasteiger partial charge in [-0.15, -0.1) is 0 Å². The van der Waals surface area contributed by atoms with Gasteiger partial charge in [-0.25, -0.2) is 8.42 Å². The van der Waals surface area contributed by atoms with Crippen molar-refractivity contribution in [1.29, 1.82) is 0 Å². The lowest BCUT2D eigenvalue weighted by Gasteiger charge is -2.35. The zero-order valence-corrected chi connectivity index (χ0v) is 14.8. The topological polar surface area (TPSA) is 81.5 Å². The third kappa shape index (κ3) is 4.54. The van der Waals surface area contributed by atoms with E-state index in [-0.39, 0.29) is 36.7 Å². The summed E-state index contributed by atoms with van der Waals surface area (Å²) in [6.45, 7) is 6.74. The number of aromatic nitrogens is 2. The minimum absolute atomic E-state index is 0.000482. The summed E-state index contributed by atoms with van der Waals surface area (Å²) in [5, 5.41) is 4.19. The Bertz CT molecular complexity index is 641. The van der Waals surface area contributed by atoms with Crippen molar-refractivity contribution in [2.75, 3.05) is 24.7 Å². The molecule has 0 N–H and O–H groups in total. The van der Waals surface area contributed by atoms with E-state index in [0.717, 1.165) is 12.0 Å². The molecule has 1 aromatic heterocycles. The van der Waals surface area contributed by atoms with Crippen molar-refractivity contribution in [1.82, 2.24) is 14.7 Å². The number of hydrogen-bond acceptors (Lipinski definition) is 5. The summed E-state index contributed by atoms with van der Waals surface area (Å²) < 4.78 is 31.2. The number of hydrogen-bond donors (Lipinski definition) is 0. The fraction of sp³-hybridized carbons (Fsp3) is 0.733. The second kappa shape index (κ2) is 7.44. The summed E-state index contributed by atoms with van der Waals surface area (Å²) in [6.07, 6.45) is 4.29. The van der Waals surface area contributed by atoms with Gasteiger partial charge in [-0.2, -0.15) is 5.10 Å². The van der Waals surface area contributed by atoms with Gasteiger partial charge in [-0.3, -0.25) is 9.48 Å². The molecule has 2 atom stereocenters. The molecule has 1 aliphatic rings. The first kappa shape index (κ1) is 17.9. The van der Waals surface area contributed by atoms with Crippen molar-refractivity contribution in [3.05, 3.63) is 18.0 Å². The summed E-state index contributed by atoms with van der Waals surface area (Å²) >= 11 is 0. The van der Waals surface area contributed by atoms with Crippen molar-refractivity contribution < 1.29 is 17.9 Å². The van der Waals surface area contributed by atoms with Gasteiger partial charge in [-0.05, 0) is 20.3 Å². The van der Waals surface area contributed by atoms with Gasteiger partial charge in [0.25, 0.3) is 0 Å². The first-order valence-corrected chi connectivity index (χ1v) is 9.82. The van der Waals surface area contributed by atoms with Crippen molar-refractivity contribution >= 4 is 15.7 Å². The number of rotatable bonds is 6. The Morgan fingerprint density at radius 3 is 2.83 bits per heavy atom. The number of amides is 1. The van der Waals surface area contributed by atoms with E-state index < -0.39 is 15.9 Å². The van der Waals surface area contributed by atoms with Gasteiger partial charge in [-0.1, -0.05) is 6.92 Å². The molecule has 1 saturated heterocycles. The average molecular weight is 343 g/mol. The van der Waals surface area contributed by atoms with Crippen molar-refractivity contribution in [2.24, 2.45) is 0 Å². The van der Waals surface area contributed by atoms with Gasteiger partial charge in [0.15, 0.2) is 9.84 Å². The molecule has 0 spiro atoms. The molecular formula is C15H25N3O4S. The van der Waals surface area contributed by atoms with Gasteiger partial charge in [0.2, 0.25) is 5.91 Å². The maximum atomic E-state index is 12.5. The Balaban J connectivity index is 2.16. The minimum Gasteiger partial charge on any atom is -0.369 e. The first-order chi connectivity index (χ1) is 10.9. The van der Waals surface area contributed by atoms with Crippen LogP contribution in [0.1, 0.15) is 38.8 Å². The van der Waals surface area contributed by atoms with Crippen LogP contribution < -0.4 is 0 Å². The fourth-order valence-corrected chi connectivity index (χ4v) is 4.02. The van der Waals surface area contributed by atoms with Crippen molar-refractivity contribution in [3.63, 3.8) is 0 Å². The summed E-state index contributed by atoms with van der Waals surface area (Å²) in [6, 6.07) is -0.484. The van der Waals surface area contributed by atoms with Crippen molar-refractivity contribution in [2.45, 2.75) is 45.9 Å². The van der Waals surface area contributed by atoms with Crippen LogP contribution in [-0.4, -0.2) is 59.8 Å². The van der Waals surface area contributed by atoms with Crippen LogP contribution in [0.2, 0.25) is 0 Å². The normalized spacial score (nSPS) is 22.0. The van der Waals surface area contributed by atoms with Gasteiger partial charge < -0.3 is 9.64 Å². The molecule has 7 nitrogen and oxygen atoms in total. The molecule has 2 rings (SSSR count). The quantitative estimate of drug-likeness (QED) is 0.770. The number of carbonyl (C=O) groups excluding carboxylic acids is 1. The third-order valence-corrected chi connectivity index (χ3v) is 5.81. The zero-order valence-electron chi connectivity index (χ0n) is 13.9. The molecular weight excluding hydrogens is 318 g/mol. The molecule has 0 radical (unpaired) electrons. The molecule has 2 heterocycles. The lowest BCUT2D eigenvalue weighted by atomic mass is 10.1. The van der Waals surface area contributed by atoms with Crippen LogP contribution in [-0.2, 0) is 25.9 Å². The molecule has 0 saturated carbocycles. The van der Waals surface area contributed by atoms with Gasteiger partial charge >= 0.3 is 0 Å². The Hall–Kier alpha value is -1.41. The predicted octanol–water partition coefficient (Wildman–Crippen LogP) is 1.02. The van der Waals surface area contributed by atoms with E-state index in [2.05, 4.69) is 5.10 Å². The van der Waals surface area contributed by atoms with Crippen molar-refractivity contribution in [3.8, 4) is 0 Å². The summed E-state index contributed by atoms with van der Waals surface area (Å²) in [7, 11) is -3.15. The molecule has 0 aromatic carbocycles. The lowest BCUT2D eigenvalue weighted by molar-refractivity contribution is -0.140. The van der Waals surface area contributed by atoms with E-state index in [9.17, 15) is 13.2 Å². The largest absolute Gasteiger partial charge is 0.369 e. The van der Waals surface area contributed by atoms with E-state index >= 15 is 0 Å². The molecule has 23 heavy (non-hydrogen) atoms. The highest BCUT2D eigenvalue weighted by Crippen LogP contribution is 2.26. The van der Waals surface area contributed by atoms with E-state index in [4.69, 9.17) is 4.74 Å². The standard InChI is InChI=1S/C15H25N3O4S/c1-4-12(3)22-10-15(19)18-6-7-23(20,21)11-14(18)13-8-16-17(5-2)9-13/h8-9,12,14H,4-7,10-11H2,1-3H3/t12-,14-/m0/s1. The predicted molar refractivity (Wildman–Crippen MR) is 86.7 cm³/mol. The SMILES string of the molecule is CC[C@H](C)OCC(=O)N1CCS(=O)(=O)C[C@H]1c1cnn(CC)c1. The van der Waals surface area contributed by atoms with Gasteiger partial charge in [0, 0.05) is 24.8 Å². The Kier molecular flexibility index (Phi) is 5.80. The molecule has 1 fully saturated rings. The summed E-state index contributed by atoms with van der Waals surface area (Å²) in [5.74, 6) is -0.229. The maximum Gasteiger partial charge on any atom is 0.249 e. The molecule has 0 unspecified atom stereocenters. The average Bonchev–Trinajstić information content (AvgIpc) is 3.00. The second-order valence-electron chi connectivity index (χ2n) is 5.88. The van der Waals surface area contributed by atoms with Crippen LogP contribution in [0.25, 0.3) is 0 Å². The smallest absolute Gasteiger partial charge is 0.249 e. The van der Waals surface area contributed by atoms with Crippen LogP contribution in [0.4, 0.5) is 0 Å².